The summed E-state index contributed by atoms with van der Waals surface area (Å²) in [7, 11) is 5.95. The quantitative estimate of drug-likeness (QED) is 0.709. The molecule has 15 heavy (non-hydrogen) atoms. The molecule has 0 aromatic carbocycles. The summed E-state index contributed by atoms with van der Waals surface area (Å²) in [6.45, 7) is 0. The Hall–Kier alpha value is -1.33. The van der Waals surface area contributed by atoms with Crippen molar-refractivity contribution in [1.29, 1.82) is 5.41 Å². The first-order valence-electron chi connectivity index (χ1n) is 4.35. The average Bonchev–Trinajstić information content (AvgIpc) is 2.28. The van der Waals surface area contributed by atoms with Gasteiger partial charge in [0.15, 0.2) is 11.5 Å². The van der Waals surface area contributed by atoms with Crippen molar-refractivity contribution < 1.29 is 18.9 Å². The van der Waals surface area contributed by atoms with Crippen molar-refractivity contribution in [3.63, 3.8) is 0 Å². The van der Waals surface area contributed by atoms with Gasteiger partial charge >= 0.3 is 0 Å². The van der Waals surface area contributed by atoms with E-state index in [9.17, 15) is 0 Å². The molecule has 0 unspecified atom stereocenters. The molecule has 5 nitrogen and oxygen atoms in total. The van der Waals surface area contributed by atoms with E-state index in [0.717, 1.165) is 0 Å². The highest BCUT2D eigenvalue weighted by Crippen LogP contribution is 2.34. The molecular formula is C10H15NO4. The summed E-state index contributed by atoms with van der Waals surface area (Å²) in [5.74, 6) is -0.415. The van der Waals surface area contributed by atoms with Crippen molar-refractivity contribution in [2.75, 3.05) is 28.4 Å². The SMILES string of the molecule is COC1=CC(=N)C=C(OC)C1(OC)OC. The molecule has 1 rings (SSSR count). The van der Waals surface area contributed by atoms with E-state index in [1.165, 1.54) is 40.6 Å². The van der Waals surface area contributed by atoms with Gasteiger partial charge in [0.2, 0.25) is 0 Å². The molecule has 84 valence electrons. The summed E-state index contributed by atoms with van der Waals surface area (Å²) in [6, 6.07) is 0. The second-order valence-electron chi connectivity index (χ2n) is 2.91. The summed E-state index contributed by atoms with van der Waals surface area (Å²) in [6.07, 6.45) is 3.05. The predicted octanol–water partition coefficient (Wildman–Crippen LogP) is 1.07. The molecule has 0 aromatic rings. The lowest BCUT2D eigenvalue weighted by molar-refractivity contribution is -0.194. The van der Waals surface area contributed by atoms with Crippen LogP contribution in [0.4, 0.5) is 0 Å². The van der Waals surface area contributed by atoms with Crippen LogP contribution in [0, 0.1) is 5.41 Å². The smallest absolute Gasteiger partial charge is 0.287 e. The summed E-state index contributed by atoms with van der Waals surface area (Å²) >= 11 is 0. The molecule has 5 heteroatoms. The first-order valence-corrected chi connectivity index (χ1v) is 4.35. The van der Waals surface area contributed by atoms with Gasteiger partial charge in [0, 0.05) is 26.4 Å². The Balaban J connectivity index is 3.22. The Morgan fingerprint density at radius 2 is 1.33 bits per heavy atom. The van der Waals surface area contributed by atoms with Crippen molar-refractivity contribution in [1.82, 2.24) is 0 Å². The van der Waals surface area contributed by atoms with Crippen LogP contribution in [0.1, 0.15) is 0 Å². The van der Waals surface area contributed by atoms with Gasteiger partial charge in [-0.15, -0.1) is 0 Å². The van der Waals surface area contributed by atoms with Gasteiger partial charge in [0.1, 0.15) is 0 Å². The minimum Gasteiger partial charge on any atom is -0.495 e. The van der Waals surface area contributed by atoms with Gasteiger partial charge in [-0.05, 0) is 0 Å². The number of rotatable bonds is 4. The van der Waals surface area contributed by atoms with E-state index in [-0.39, 0.29) is 5.71 Å². The normalized spacial score (nSPS) is 19.3. The molecule has 0 saturated carbocycles. The standard InChI is InChI=1S/C10H15NO4/c1-12-8-5-7(11)6-9(13-2)10(8,14-3)15-4/h5-6,11H,1-4H3. The van der Waals surface area contributed by atoms with Crippen LogP contribution in [0.3, 0.4) is 0 Å². The maximum Gasteiger partial charge on any atom is 0.287 e. The molecule has 1 aliphatic rings. The first kappa shape index (κ1) is 11.7. The van der Waals surface area contributed by atoms with Crippen LogP contribution in [0.25, 0.3) is 0 Å². The van der Waals surface area contributed by atoms with E-state index in [4.69, 9.17) is 24.4 Å². The Morgan fingerprint density at radius 3 is 1.60 bits per heavy atom. The third-order valence-corrected chi connectivity index (χ3v) is 2.24. The van der Waals surface area contributed by atoms with Crippen molar-refractivity contribution in [2.45, 2.75) is 5.79 Å². The first-order chi connectivity index (χ1) is 7.14. The van der Waals surface area contributed by atoms with Gasteiger partial charge in [0.25, 0.3) is 5.79 Å². The summed E-state index contributed by atoms with van der Waals surface area (Å²) < 4.78 is 20.8. The van der Waals surface area contributed by atoms with Gasteiger partial charge in [0.05, 0.1) is 19.9 Å². The van der Waals surface area contributed by atoms with Crippen LogP contribution < -0.4 is 0 Å². The van der Waals surface area contributed by atoms with Gasteiger partial charge in [-0.25, -0.2) is 0 Å². The minimum absolute atomic E-state index is 0.272. The average molecular weight is 213 g/mol. The molecule has 0 aliphatic heterocycles. The number of hydrogen-bond acceptors (Lipinski definition) is 5. The molecule has 0 heterocycles. The zero-order valence-corrected chi connectivity index (χ0v) is 9.29. The molecular weight excluding hydrogens is 198 g/mol. The monoisotopic (exact) mass is 213 g/mol. The molecule has 0 radical (unpaired) electrons. The predicted molar refractivity (Wildman–Crippen MR) is 54.7 cm³/mol. The van der Waals surface area contributed by atoms with Gasteiger partial charge in [-0.3, -0.25) is 0 Å². The summed E-state index contributed by atoms with van der Waals surface area (Å²) in [4.78, 5) is 0. The summed E-state index contributed by atoms with van der Waals surface area (Å²) in [5.41, 5.74) is 0.272. The number of hydrogen-bond donors (Lipinski definition) is 1. The van der Waals surface area contributed by atoms with Crippen LogP contribution in [-0.2, 0) is 18.9 Å². The fourth-order valence-electron chi connectivity index (χ4n) is 1.51. The second kappa shape index (κ2) is 4.46. The van der Waals surface area contributed by atoms with E-state index in [2.05, 4.69) is 0 Å². The molecule has 0 bridgehead atoms. The molecule has 0 aromatic heterocycles. The van der Waals surface area contributed by atoms with E-state index in [1.54, 1.807) is 0 Å². The van der Waals surface area contributed by atoms with E-state index >= 15 is 0 Å². The lowest BCUT2D eigenvalue weighted by Gasteiger charge is -2.34. The van der Waals surface area contributed by atoms with Crippen molar-refractivity contribution in [3.05, 3.63) is 23.7 Å². The van der Waals surface area contributed by atoms with Crippen LogP contribution in [-0.4, -0.2) is 39.9 Å². The Morgan fingerprint density at radius 1 is 0.933 bits per heavy atom. The Bertz CT molecular complexity index is 289. The molecule has 0 amide bonds. The maximum absolute atomic E-state index is 7.56. The Labute approximate surface area is 88.8 Å². The zero-order chi connectivity index (χ0) is 11.5. The van der Waals surface area contributed by atoms with Crippen molar-refractivity contribution >= 4 is 5.71 Å². The van der Waals surface area contributed by atoms with Crippen LogP contribution in [0.2, 0.25) is 0 Å². The van der Waals surface area contributed by atoms with E-state index in [0.29, 0.717) is 11.5 Å². The van der Waals surface area contributed by atoms with Crippen LogP contribution in [0.5, 0.6) is 0 Å². The highest BCUT2D eigenvalue weighted by atomic mass is 16.7. The fraction of sp³-hybridized carbons (Fsp3) is 0.500. The largest absolute Gasteiger partial charge is 0.495 e. The highest BCUT2D eigenvalue weighted by Gasteiger charge is 2.44. The molecule has 0 spiro atoms. The summed E-state index contributed by atoms with van der Waals surface area (Å²) in [5, 5.41) is 7.56. The third-order valence-electron chi connectivity index (χ3n) is 2.24. The minimum atomic E-state index is -1.19. The Kier molecular flexibility index (Phi) is 3.49. The second-order valence-corrected chi connectivity index (χ2v) is 2.91. The molecule has 0 fully saturated rings. The molecule has 1 aliphatic carbocycles. The topological polar surface area (TPSA) is 60.8 Å². The number of ether oxygens (including phenoxy) is 4. The van der Waals surface area contributed by atoms with Crippen molar-refractivity contribution in [3.8, 4) is 0 Å². The molecule has 0 atom stereocenters. The van der Waals surface area contributed by atoms with E-state index in [1.807, 2.05) is 0 Å². The maximum atomic E-state index is 7.56. The lowest BCUT2D eigenvalue weighted by Crippen LogP contribution is -2.42. The van der Waals surface area contributed by atoms with Gasteiger partial charge in [-0.2, -0.15) is 0 Å². The molecule has 0 saturated heterocycles. The van der Waals surface area contributed by atoms with Crippen LogP contribution in [0.15, 0.2) is 23.7 Å². The lowest BCUT2D eigenvalue weighted by atomic mass is 10.0. The third kappa shape index (κ3) is 1.75. The number of allylic oxidation sites excluding steroid dienone is 2. The fourth-order valence-corrected chi connectivity index (χ4v) is 1.51. The molecule has 1 N–H and O–H groups in total. The number of methoxy groups -OCH3 is 4. The highest BCUT2D eigenvalue weighted by molar-refractivity contribution is 6.03. The van der Waals surface area contributed by atoms with Crippen LogP contribution >= 0.6 is 0 Å². The van der Waals surface area contributed by atoms with Gasteiger partial charge in [-0.1, -0.05) is 0 Å². The van der Waals surface area contributed by atoms with E-state index < -0.39 is 5.79 Å². The zero-order valence-electron chi connectivity index (χ0n) is 9.29. The van der Waals surface area contributed by atoms with Gasteiger partial charge < -0.3 is 24.4 Å². The number of nitrogens with one attached hydrogen (secondary N) is 1. The van der Waals surface area contributed by atoms with Crippen molar-refractivity contribution in [2.24, 2.45) is 0 Å².